The predicted octanol–water partition coefficient (Wildman–Crippen LogP) is 5.97. The molecule has 4 rings (SSSR count). The molecule has 0 spiro atoms. The van der Waals surface area contributed by atoms with E-state index in [1.807, 2.05) is 0 Å². The van der Waals surface area contributed by atoms with Crippen molar-refractivity contribution < 1.29 is 36.6 Å². The summed E-state index contributed by atoms with van der Waals surface area (Å²) in [5.41, 5.74) is -5.23. The van der Waals surface area contributed by atoms with Crippen LogP contribution in [0.5, 0.6) is 5.75 Å². The average Bonchev–Trinajstić information content (AvgIpc) is 2.76. The molecule has 2 unspecified atom stereocenters. The maximum absolute atomic E-state index is 14.3. The minimum absolute atomic E-state index is 0.0858. The maximum Gasteiger partial charge on any atom is 0.419 e. The van der Waals surface area contributed by atoms with Crippen LogP contribution >= 0.6 is 11.6 Å². The molecular weight excluding hydrogens is 488 g/mol. The molecule has 0 saturated carbocycles. The molecule has 0 radical (unpaired) electrons. The summed E-state index contributed by atoms with van der Waals surface area (Å²) in [4.78, 5) is 7.70. The Balaban J connectivity index is 2.02. The second-order valence-corrected chi connectivity index (χ2v) is 8.28. The summed E-state index contributed by atoms with van der Waals surface area (Å²) in [5.74, 6) is -4.91. The molecule has 3 aromatic rings. The van der Waals surface area contributed by atoms with E-state index in [1.165, 1.54) is 19.9 Å². The van der Waals surface area contributed by atoms with Crippen LogP contribution in [-0.2, 0) is 0 Å². The Morgan fingerprint density at radius 2 is 1.88 bits per heavy atom. The van der Waals surface area contributed by atoms with Crippen LogP contribution < -0.4 is 5.32 Å². The smallest absolute Gasteiger partial charge is 0.419 e. The van der Waals surface area contributed by atoms with Crippen LogP contribution in [0.4, 0.5) is 32.0 Å². The van der Waals surface area contributed by atoms with Gasteiger partial charge < -0.3 is 15.5 Å². The van der Waals surface area contributed by atoms with Gasteiger partial charge in [0.2, 0.25) is 0 Å². The van der Waals surface area contributed by atoms with Crippen molar-refractivity contribution in [2.75, 3.05) is 5.32 Å². The van der Waals surface area contributed by atoms with Crippen LogP contribution in [-0.4, -0.2) is 32.0 Å². The van der Waals surface area contributed by atoms with Crippen molar-refractivity contribution in [3.63, 3.8) is 0 Å². The number of anilines is 1. The SMILES string of the molecule is CC=C1CC(O)(C(F)(F)F)C(Nc2cc(F)c(F)c3nc(C)ncc23)c2cc(Cl)c(F)c(O)c21. The molecule has 3 N–H and O–H groups in total. The van der Waals surface area contributed by atoms with Gasteiger partial charge in [-0.15, -0.1) is 0 Å². The number of aromatic hydroxyl groups is 1. The summed E-state index contributed by atoms with van der Waals surface area (Å²) in [6.45, 7) is 2.77. The first-order valence-corrected chi connectivity index (χ1v) is 10.2. The number of nitrogens with zero attached hydrogens (tertiary/aromatic N) is 2. The monoisotopic (exact) mass is 503 g/mol. The number of aryl methyl sites for hydroxylation is 1. The second kappa shape index (κ2) is 8.02. The molecule has 0 fully saturated rings. The van der Waals surface area contributed by atoms with Gasteiger partial charge in [-0.05, 0) is 31.1 Å². The highest BCUT2D eigenvalue weighted by atomic mass is 35.5. The van der Waals surface area contributed by atoms with Crippen molar-refractivity contribution in [1.82, 2.24) is 9.97 Å². The number of benzene rings is 2. The third kappa shape index (κ3) is 3.54. The molecule has 0 bridgehead atoms. The van der Waals surface area contributed by atoms with Crippen LogP contribution in [0.15, 0.2) is 24.4 Å². The number of allylic oxidation sites excluding steroid dienone is 1. The van der Waals surface area contributed by atoms with E-state index in [9.17, 15) is 36.6 Å². The van der Waals surface area contributed by atoms with Gasteiger partial charge in [-0.2, -0.15) is 13.2 Å². The third-order valence-electron chi connectivity index (χ3n) is 5.82. The number of rotatable bonds is 2. The van der Waals surface area contributed by atoms with Crippen molar-refractivity contribution in [3.05, 3.63) is 63.8 Å². The fraction of sp³-hybridized carbons (Fsp3) is 0.273. The molecule has 5 nitrogen and oxygen atoms in total. The van der Waals surface area contributed by atoms with Gasteiger partial charge >= 0.3 is 6.18 Å². The van der Waals surface area contributed by atoms with Gasteiger partial charge in [-0.25, -0.2) is 23.1 Å². The second-order valence-electron chi connectivity index (χ2n) is 7.87. The van der Waals surface area contributed by atoms with Crippen LogP contribution in [0.25, 0.3) is 16.5 Å². The molecule has 1 heterocycles. The van der Waals surface area contributed by atoms with Crippen molar-refractivity contribution in [3.8, 4) is 5.75 Å². The number of halogens is 7. The molecular formula is C22H16ClF6N3O2. The highest BCUT2D eigenvalue weighted by Crippen LogP contribution is 2.55. The minimum atomic E-state index is -5.24. The van der Waals surface area contributed by atoms with Gasteiger partial charge in [-0.3, -0.25) is 0 Å². The molecule has 1 aromatic heterocycles. The van der Waals surface area contributed by atoms with E-state index in [4.69, 9.17) is 11.6 Å². The molecule has 180 valence electrons. The number of phenolic OH excluding ortho intramolecular Hbond substituents is 1. The van der Waals surface area contributed by atoms with Crippen molar-refractivity contribution in [2.24, 2.45) is 0 Å². The Kier molecular flexibility index (Phi) is 5.68. The number of fused-ring (bicyclic) bond motifs is 2. The first-order chi connectivity index (χ1) is 15.8. The van der Waals surface area contributed by atoms with Gasteiger partial charge in [0.05, 0.1) is 11.1 Å². The van der Waals surface area contributed by atoms with Crippen LogP contribution in [0.2, 0.25) is 5.02 Å². The lowest BCUT2D eigenvalue weighted by atomic mass is 9.72. The third-order valence-corrected chi connectivity index (χ3v) is 6.10. The predicted molar refractivity (Wildman–Crippen MR) is 113 cm³/mol. The largest absolute Gasteiger partial charge is 0.504 e. The zero-order valence-corrected chi connectivity index (χ0v) is 18.3. The molecule has 2 aromatic carbocycles. The highest BCUT2D eigenvalue weighted by Gasteiger charge is 2.62. The number of hydrogen-bond acceptors (Lipinski definition) is 5. The Hall–Kier alpha value is -3.05. The molecule has 1 aliphatic rings. The molecule has 0 saturated heterocycles. The van der Waals surface area contributed by atoms with Crippen molar-refractivity contribution >= 4 is 33.8 Å². The van der Waals surface area contributed by atoms with E-state index in [-0.39, 0.29) is 28.0 Å². The summed E-state index contributed by atoms with van der Waals surface area (Å²) in [7, 11) is 0. The summed E-state index contributed by atoms with van der Waals surface area (Å²) in [5, 5.41) is 22.8. The summed E-state index contributed by atoms with van der Waals surface area (Å²) in [6, 6.07) is -0.668. The number of nitrogens with one attached hydrogen (secondary N) is 1. The zero-order valence-electron chi connectivity index (χ0n) is 17.5. The number of aromatic nitrogens is 2. The first-order valence-electron chi connectivity index (χ1n) is 9.83. The summed E-state index contributed by atoms with van der Waals surface area (Å²) >= 11 is 5.80. The molecule has 0 aliphatic heterocycles. The first kappa shape index (κ1) is 24.1. The average molecular weight is 504 g/mol. The van der Waals surface area contributed by atoms with E-state index < -0.39 is 63.5 Å². The van der Waals surface area contributed by atoms with E-state index >= 15 is 0 Å². The number of phenols is 1. The Morgan fingerprint density at radius 3 is 2.50 bits per heavy atom. The van der Waals surface area contributed by atoms with E-state index in [0.717, 1.165) is 12.3 Å². The number of alkyl halides is 3. The van der Waals surface area contributed by atoms with Gasteiger partial charge in [0.15, 0.2) is 28.8 Å². The van der Waals surface area contributed by atoms with Gasteiger partial charge in [0.25, 0.3) is 0 Å². The fourth-order valence-electron chi connectivity index (χ4n) is 4.13. The van der Waals surface area contributed by atoms with Crippen molar-refractivity contribution in [2.45, 2.75) is 38.1 Å². The summed E-state index contributed by atoms with van der Waals surface area (Å²) < 4.78 is 85.7. The molecule has 34 heavy (non-hydrogen) atoms. The lowest BCUT2D eigenvalue weighted by Crippen LogP contribution is -2.54. The Bertz CT molecular complexity index is 1360. The fourth-order valence-corrected chi connectivity index (χ4v) is 4.34. The quantitative estimate of drug-likeness (QED) is 0.376. The van der Waals surface area contributed by atoms with Crippen LogP contribution in [0.1, 0.15) is 36.3 Å². The minimum Gasteiger partial charge on any atom is -0.504 e. The van der Waals surface area contributed by atoms with E-state index in [1.54, 1.807) is 0 Å². The topological polar surface area (TPSA) is 78.3 Å². The lowest BCUT2D eigenvalue weighted by molar-refractivity contribution is -0.265. The van der Waals surface area contributed by atoms with Gasteiger partial charge in [-0.1, -0.05) is 17.7 Å². The van der Waals surface area contributed by atoms with Gasteiger partial charge in [0.1, 0.15) is 11.3 Å². The molecule has 0 amide bonds. The van der Waals surface area contributed by atoms with Crippen LogP contribution in [0.3, 0.4) is 0 Å². The lowest BCUT2D eigenvalue weighted by Gasteiger charge is -2.44. The highest BCUT2D eigenvalue weighted by molar-refractivity contribution is 6.31. The van der Waals surface area contributed by atoms with E-state index in [2.05, 4.69) is 15.3 Å². The normalized spacial score (nSPS) is 21.7. The molecule has 12 heteroatoms. The Labute approximate surface area is 193 Å². The maximum atomic E-state index is 14.3. The van der Waals surface area contributed by atoms with Crippen molar-refractivity contribution in [1.29, 1.82) is 0 Å². The number of hydrogen-bond donors (Lipinski definition) is 3. The van der Waals surface area contributed by atoms with E-state index in [0.29, 0.717) is 6.07 Å². The van der Waals surface area contributed by atoms with Crippen LogP contribution in [0, 0.1) is 24.4 Å². The van der Waals surface area contributed by atoms with Gasteiger partial charge in [0, 0.05) is 35.3 Å². The Morgan fingerprint density at radius 1 is 1.21 bits per heavy atom. The standard InChI is InChI=1S/C22H16ClF6N3O2/c1-3-9-6-21(34,22(27,28)29)20(10-4-12(23)16(25)19(33)15(9)10)32-14-5-13(24)17(26)18-11(14)7-30-8(2)31-18/h3-5,7,20,32-34H,6H2,1-2H3. The molecule has 2 atom stereocenters. The molecule has 1 aliphatic carbocycles. The number of aliphatic hydroxyl groups is 1. The zero-order chi connectivity index (χ0) is 25.2. The summed E-state index contributed by atoms with van der Waals surface area (Å²) in [6.07, 6.45) is -4.02.